The SMILES string of the molecule is CS(=O)(=O)c1ccccc1-c1sc(-c2cccnc2)nc1-c1ccc(F)cc1. The predicted molar refractivity (Wildman–Crippen MR) is 109 cm³/mol. The van der Waals surface area contributed by atoms with Gasteiger partial charge in [-0.05, 0) is 42.5 Å². The van der Waals surface area contributed by atoms with Crippen LogP contribution < -0.4 is 0 Å². The van der Waals surface area contributed by atoms with Gasteiger partial charge >= 0.3 is 0 Å². The maximum atomic E-state index is 13.4. The second-order valence-electron chi connectivity index (χ2n) is 6.21. The molecule has 0 amide bonds. The van der Waals surface area contributed by atoms with Crippen molar-refractivity contribution >= 4 is 21.2 Å². The first-order valence-electron chi connectivity index (χ1n) is 8.40. The van der Waals surface area contributed by atoms with E-state index in [4.69, 9.17) is 4.98 Å². The lowest BCUT2D eigenvalue weighted by atomic mass is 10.1. The molecule has 0 saturated heterocycles. The zero-order chi connectivity index (χ0) is 19.7. The molecule has 0 fully saturated rings. The molecule has 0 aliphatic carbocycles. The highest BCUT2D eigenvalue weighted by Gasteiger charge is 2.21. The zero-order valence-corrected chi connectivity index (χ0v) is 16.5. The second kappa shape index (κ2) is 7.26. The van der Waals surface area contributed by atoms with Crippen molar-refractivity contribution in [3.8, 4) is 32.3 Å². The van der Waals surface area contributed by atoms with E-state index in [1.165, 1.54) is 29.7 Å². The van der Waals surface area contributed by atoms with E-state index in [1.54, 1.807) is 48.8 Å². The third kappa shape index (κ3) is 3.58. The van der Waals surface area contributed by atoms with Gasteiger partial charge in [0.05, 0.1) is 15.5 Å². The van der Waals surface area contributed by atoms with E-state index in [2.05, 4.69) is 4.98 Å². The summed E-state index contributed by atoms with van der Waals surface area (Å²) in [7, 11) is -3.44. The molecule has 0 saturated carbocycles. The number of pyridine rings is 1. The summed E-state index contributed by atoms with van der Waals surface area (Å²) in [4.78, 5) is 9.83. The Bertz CT molecular complexity index is 1240. The fourth-order valence-electron chi connectivity index (χ4n) is 2.90. The van der Waals surface area contributed by atoms with Gasteiger partial charge in [0, 0.05) is 35.3 Å². The minimum absolute atomic E-state index is 0.236. The highest BCUT2D eigenvalue weighted by Crippen LogP contribution is 2.42. The lowest BCUT2D eigenvalue weighted by Crippen LogP contribution is -1.99. The standard InChI is InChI=1S/C21H15FN2O2S2/c1-28(25,26)18-7-3-2-6-17(18)20-19(14-8-10-16(22)11-9-14)24-21(27-20)15-5-4-12-23-13-15/h2-13H,1H3. The van der Waals surface area contributed by atoms with Gasteiger partial charge in [-0.15, -0.1) is 11.3 Å². The number of hydrogen-bond acceptors (Lipinski definition) is 5. The average Bonchev–Trinajstić information content (AvgIpc) is 3.14. The highest BCUT2D eigenvalue weighted by atomic mass is 32.2. The molecule has 2 aromatic heterocycles. The van der Waals surface area contributed by atoms with Crippen molar-refractivity contribution in [2.24, 2.45) is 0 Å². The first-order valence-corrected chi connectivity index (χ1v) is 11.1. The Morgan fingerprint density at radius 3 is 2.36 bits per heavy atom. The van der Waals surface area contributed by atoms with Crippen LogP contribution in [0.1, 0.15) is 0 Å². The van der Waals surface area contributed by atoms with Crippen LogP contribution in [0.3, 0.4) is 0 Å². The molecule has 0 N–H and O–H groups in total. The van der Waals surface area contributed by atoms with Crippen LogP contribution in [0, 0.1) is 5.82 Å². The Kier molecular flexibility index (Phi) is 4.78. The van der Waals surface area contributed by atoms with E-state index >= 15 is 0 Å². The first-order chi connectivity index (χ1) is 13.4. The molecule has 28 heavy (non-hydrogen) atoms. The molecule has 0 atom stereocenters. The number of rotatable bonds is 4. The fraction of sp³-hybridized carbons (Fsp3) is 0.0476. The summed E-state index contributed by atoms with van der Waals surface area (Å²) in [6.07, 6.45) is 4.57. The van der Waals surface area contributed by atoms with Crippen molar-refractivity contribution in [1.82, 2.24) is 9.97 Å². The molecule has 0 bridgehead atoms. The van der Waals surface area contributed by atoms with Gasteiger partial charge in [0.25, 0.3) is 0 Å². The molecule has 0 aliphatic rings. The number of benzene rings is 2. The monoisotopic (exact) mass is 410 g/mol. The van der Waals surface area contributed by atoms with Crippen molar-refractivity contribution in [2.45, 2.75) is 4.90 Å². The Hall–Kier alpha value is -2.90. The van der Waals surface area contributed by atoms with Crippen LogP contribution in [0.5, 0.6) is 0 Å². The topological polar surface area (TPSA) is 59.9 Å². The Labute approximate surface area is 166 Å². The summed E-state index contributed by atoms with van der Waals surface area (Å²) in [5.74, 6) is -0.343. The van der Waals surface area contributed by atoms with Crippen LogP contribution in [-0.2, 0) is 9.84 Å². The molecule has 0 radical (unpaired) electrons. The summed E-state index contributed by atoms with van der Waals surface area (Å²) in [5.41, 5.74) is 2.74. The lowest BCUT2D eigenvalue weighted by Gasteiger charge is -2.08. The van der Waals surface area contributed by atoms with E-state index < -0.39 is 9.84 Å². The predicted octanol–water partition coefficient (Wildman–Crippen LogP) is 5.08. The number of aromatic nitrogens is 2. The van der Waals surface area contributed by atoms with E-state index in [9.17, 15) is 12.8 Å². The Morgan fingerprint density at radius 2 is 1.68 bits per heavy atom. The Balaban J connectivity index is 1.99. The first kappa shape index (κ1) is 18.5. The molecule has 2 aromatic carbocycles. The minimum Gasteiger partial charge on any atom is -0.264 e. The van der Waals surface area contributed by atoms with E-state index in [-0.39, 0.29) is 10.7 Å². The highest BCUT2D eigenvalue weighted by molar-refractivity contribution is 7.90. The summed E-state index contributed by atoms with van der Waals surface area (Å²) >= 11 is 1.39. The molecule has 4 nitrogen and oxygen atoms in total. The third-order valence-electron chi connectivity index (χ3n) is 4.18. The van der Waals surface area contributed by atoms with Crippen LogP contribution in [0.15, 0.2) is 78.0 Å². The van der Waals surface area contributed by atoms with Crippen LogP contribution in [0.25, 0.3) is 32.3 Å². The van der Waals surface area contributed by atoms with Crippen molar-refractivity contribution < 1.29 is 12.8 Å². The molecular weight excluding hydrogens is 395 g/mol. The summed E-state index contributed by atoms with van der Waals surface area (Å²) in [6, 6.07) is 16.6. The van der Waals surface area contributed by atoms with Gasteiger partial charge in [0.15, 0.2) is 9.84 Å². The van der Waals surface area contributed by atoms with Crippen molar-refractivity contribution in [3.63, 3.8) is 0 Å². The van der Waals surface area contributed by atoms with Gasteiger partial charge in [-0.3, -0.25) is 4.98 Å². The maximum absolute atomic E-state index is 13.4. The van der Waals surface area contributed by atoms with Crippen molar-refractivity contribution in [2.75, 3.05) is 6.26 Å². The molecule has 2 heterocycles. The van der Waals surface area contributed by atoms with E-state index in [0.717, 1.165) is 5.56 Å². The van der Waals surface area contributed by atoms with Crippen molar-refractivity contribution in [1.29, 1.82) is 0 Å². The Morgan fingerprint density at radius 1 is 0.929 bits per heavy atom. The van der Waals surface area contributed by atoms with Crippen molar-refractivity contribution in [3.05, 3.63) is 78.9 Å². The molecule has 0 spiro atoms. The van der Waals surface area contributed by atoms with Gasteiger partial charge in [-0.1, -0.05) is 18.2 Å². The number of sulfone groups is 1. The van der Waals surface area contributed by atoms with Crippen LogP contribution in [0.4, 0.5) is 4.39 Å². The summed E-state index contributed by atoms with van der Waals surface area (Å²) < 4.78 is 38.1. The molecule has 7 heteroatoms. The normalized spacial score (nSPS) is 11.5. The average molecular weight is 410 g/mol. The number of thiazole rings is 1. The number of nitrogens with zero attached hydrogens (tertiary/aromatic N) is 2. The smallest absolute Gasteiger partial charge is 0.176 e. The quantitative estimate of drug-likeness (QED) is 0.471. The molecule has 140 valence electrons. The minimum atomic E-state index is -3.44. The number of hydrogen-bond donors (Lipinski definition) is 0. The molecule has 0 aliphatic heterocycles. The zero-order valence-electron chi connectivity index (χ0n) is 14.8. The maximum Gasteiger partial charge on any atom is 0.176 e. The second-order valence-corrected chi connectivity index (χ2v) is 9.20. The molecular formula is C21H15FN2O2S2. The molecule has 4 rings (SSSR count). The van der Waals surface area contributed by atoms with Gasteiger partial charge in [-0.2, -0.15) is 0 Å². The third-order valence-corrected chi connectivity index (χ3v) is 6.48. The largest absolute Gasteiger partial charge is 0.264 e. The number of halogens is 1. The molecule has 0 unspecified atom stereocenters. The van der Waals surface area contributed by atoms with Gasteiger partial charge in [0.1, 0.15) is 10.8 Å². The van der Waals surface area contributed by atoms with Gasteiger partial charge in [0.2, 0.25) is 0 Å². The van der Waals surface area contributed by atoms with E-state index in [0.29, 0.717) is 26.7 Å². The van der Waals surface area contributed by atoms with Gasteiger partial charge < -0.3 is 0 Å². The van der Waals surface area contributed by atoms with Crippen LogP contribution in [-0.4, -0.2) is 24.6 Å². The summed E-state index contributed by atoms with van der Waals surface area (Å²) in [5, 5.41) is 0.714. The molecule has 4 aromatic rings. The fourth-order valence-corrected chi connectivity index (χ4v) is 4.97. The summed E-state index contributed by atoms with van der Waals surface area (Å²) in [6.45, 7) is 0. The van der Waals surface area contributed by atoms with Crippen LogP contribution >= 0.6 is 11.3 Å². The lowest BCUT2D eigenvalue weighted by molar-refractivity contribution is 0.602. The van der Waals surface area contributed by atoms with Gasteiger partial charge in [-0.25, -0.2) is 17.8 Å². The van der Waals surface area contributed by atoms with E-state index in [1.807, 2.05) is 12.1 Å². The van der Waals surface area contributed by atoms with Crippen LogP contribution in [0.2, 0.25) is 0 Å².